The third kappa shape index (κ3) is 5.27. The molecule has 4 rings (SSSR count). The second-order valence-electron chi connectivity index (χ2n) is 7.35. The minimum absolute atomic E-state index is 0.250. The first-order chi connectivity index (χ1) is 16.4. The minimum atomic E-state index is -0.250. The molecule has 174 valence electrons. The smallest absolute Gasteiger partial charge is 0.282 e. The van der Waals surface area contributed by atoms with Crippen molar-refractivity contribution in [3.8, 4) is 11.5 Å². The summed E-state index contributed by atoms with van der Waals surface area (Å²) in [4.78, 5) is 17.7. The van der Waals surface area contributed by atoms with Gasteiger partial charge in [-0.1, -0.05) is 58.2 Å². The van der Waals surface area contributed by atoms with Crippen LogP contribution >= 0.6 is 39.1 Å². The molecule has 9 heteroatoms. The van der Waals surface area contributed by atoms with E-state index in [0.717, 1.165) is 10.0 Å². The topological polar surface area (TPSA) is 65.7 Å². The molecule has 1 aromatic heterocycles. The van der Waals surface area contributed by atoms with Crippen LogP contribution in [-0.4, -0.2) is 23.0 Å². The Morgan fingerprint density at radius 3 is 2.59 bits per heavy atom. The van der Waals surface area contributed by atoms with Crippen molar-refractivity contribution in [1.29, 1.82) is 0 Å². The van der Waals surface area contributed by atoms with Gasteiger partial charge in [-0.3, -0.25) is 4.79 Å². The molecule has 0 N–H and O–H groups in total. The van der Waals surface area contributed by atoms with E-state index in [1.165, 1.54) is 11.8 Å². The van der Waals surface area contributed by atoms with Crippen LogP contribution in [0.3, 0.4) is 0 Å². The van der Waals surface area contributed by atoms with Gasteiger partial charge in [0.25, 0.3) is 5.56 Å². The SMILES string of the molecule is CCc1nc2ccc(Br)cc2c(=O)n1N=Cc1cc(Cl)c(OCc2ccc(Cl)cc2)c(OC)c1. The van der Waals surface area contributed by atoms with Crippen LogP contribution in [0, 0.1) is 0 Å². The van der Waals surface area contributed by atoms with Gasteiger partial charge in [-0.15, -0.1) is 0 Å². The maximum atomic E-state index is 13.1. The number of ether oxygens (including phenoxy) is 2. The second kappa shape index (κ2) is 10.6. The lowest BCUT2D eigenvalue weighted by molar-refractivity contribution is 0.284. The van der Waals surface area contributed by atoms with Crippen LogP contribution in [0.1, 0.15) is 23.9 Å². The van der Waals surface area contributed by atoms with E-state index < -0.39 is 0 Å². The van der Waals surface area contributed by atoms with E-state index in [2.05, 4.69) is 26.0 Å². The summed E-state index contributed by atoms with van der Waals surface area (Å²) in [6, 6.07) is 16.2. The van der Waals surface area contributed by atoms with Crippen LogP contribution in [-0.2, 0) is 13.0 Å². The van der Waals surface area contributed by atoms with Gasteiger partial charge in [0.2, 0.25) is 0 Å². The molecule has 0 unspecified atom stereocenters. The number of hydrogen-bond donors (Lipinski definition) is 0. The van der Waals surface area contributed by atoms with Crippen molar-refractivity contribution in [2.45, 2.75) is 20.0 Å². The van der Waals surface area contributed by atoms with Gasteiger partial charge in [0.15, 0.2) is 11.5 Å². The molecule has 0 aliphatic rings. The number of benzene rings is 3. The number of aryl methyl sites for hydroxylation is 1. The van der Waals surface area contributed by atoms with Crippen molar-refractivity contribution in [3.05, 3.63) is 96.4 Å². The monoisotopic (exact) mass is 559 g/mol. The molecular weight excluding hydrogens is 541 g/mol. The zero-order valence-corrected chi connectivity index (χ0v) is 21.5. The van der Waals surface area contributed by atoms with Crippen LogP contribution < -0.4 is 15.0 Å². The predicted molar refractivity (Wildman–Crippen MR) is 140 cm³/mol. The van der Waals surface area contributed by atoms with Gasteiger partial charge in [-0.05, 0) is 53.6 Å². The number of aromatic nitrogens is 2. The van der Waals surface area contributed by atoms with E-state index >= 15 is 0 Å². The van der Waals surface area contributed by atoms with E-state index in [1.54, 1.807) is 42.6 Å². The molecule has 4 aromatic rings. The maximum Gasteiger partial charge on any atom is 0.282 e. The zero-order valence-electron chi connectivity index (χ0n) is 18.4. The first-order valence-corrected chi connectivity index (χ1v) is 11.9. The van der Waals surface area contributed by atoms with E-state index in [1.807, 2.05) is 25.1 Å². The number of halogens is 3. The zero-order chi connectivity index (χ0) is 24.2. The molecule has 34 heavy (non-hydrogen) atoms. The lowest BCUT2D eigenvalue weighted by Gasteiger charge is -2.13. The predicted octanol–water partition coefficient (Wildman–Crippen LogP) is 6.50. The Labute approximate surface area is 214 Å². The van der Waals surface area contributed by atoms with Crippen molar-refractivity contribution in [1.82, 2.24) is 9.66 Å². The molecule has 0 fully saturated rings. The first kappa shape index (κ1) is 24.3. The summed E-state index contributed by atoms with van der Waals surface area (Å²) in [5, 5.41) is 5.90. The van der Waals surface area contributed by atoms with Crippen molar-refractivity contribution in [2.75, 3.05) is 7.11 Å². The summed E-state index contributed by atoms with van der Waals surface area (Å²) < 4.78 is 13.5. The average molecular weight is 561 g/mol. The Morgan fingerprint density at radius 2 is 1.88 bits per heavy atom. The molecule has 0 amide bonds. The van der Waals surface area contributed by atoms with Crippen LogP contribution in [0.4, 0.5) is 0 Å². The molecule has 0 aliphatic carbocycles. The molecule has 6 nitrogen and oxygen atoms in total. The Balaban J connectivity index is 1.65. The molecule has 0 spiro atoms. The van der Waals surface area contributed by atoms with E-state index in [-0.39, 0.29) is 5.56 Å². The molecule has 0 bridgehead atoms. The summed E-state index contributed by atoms with van der Waals surface area (Å²) in [6.07, 6.45) is 2.09. The third-order valence-corrected chi connectivity index (χ3v) is 6.09. The van der Waals surface area contributed by atoms with Gasteiger partial charge < -0.3 is 9.47 Å². The minimum Gasteiger partial charge on any atom is -0.493 e. The van der Waals surface area contributed by atoms with Gasteiger partial charge >= 0.3 is 0 Å². The number of fused-ring (bicyclic) bond motifs is 1. The summed E-state index contributed by atoms with van der Waals surface area (Å²) >= 11 is 15.8. The number of methoxy groups -OCH3 is 1. The Hall–Kier alpha value is -2.87. The highest BCUT2D eigenvalue weighted by molar-refractivity contribution is 9.10. The van der Waals surface area contributed by atoms with Crippen molar-refractivity contribution >= 4 is 56.2 Å². The number of nitrogens with zero attached hydrogens (tertiary/aromatic N) is 3. The standard InChI is InChI=1S/C25H20BrCl2N3O3/c1-3-23-30-21-9-6-17(26)12-19(21)25(32)31(23)29-13-16-10-20(28)24(22(11-16)33-2)34-14-15-4-7-18(27)8-5-15/h4-13H,3,14H2,1-2H3. The van der Waals surface area contributed by atoms with Gasteiger partial charge in [-0.25, -0.2) is 4.98 Å². The van der Waals surface area contributed by atoms with Gasteiger partial charge in [-0.2, -0.15) is 9.78 Å². The Morgan fingerprint density at radius 1 is 1.12 bits per heavy atom. The molecule has 3 aromatic carbocycles. The Kier molecular flexibility index (Phi) is 7.56. The fraction of sp³-hybridized carbons (Fsp3) is 0.160. The highest BCUT2D eigenvalue weighted by atomic mass is 79.9. The number of rotatable bonds is 7. The lowest BCUT2D eigenvalue weighted by Crippen LogP contribution is -2.22. The van der Waals surface area contributed by atoms with Crippen molar-refractivity contribution in [2.24, 2.45) is 5.10 Å². The molecular formula is C25H20BrCl2N3O3. The molecule has 0 saturated heterocycles. The summed E-state index contributed by atoms with van der Waals surface area (Å²) in [5.41, 5.74) is 1.96. The quantitative estimate of drug-likeness (QED) is 0.242. The number of hydrogen-bond acceptors (Lipinski definition) is 5. The third-order valence-electron chi connectivity index (χ3n) is 5.06. The highest BCUT2D eigenvalue weighted by Crippen LogP contribution is 2.36. The largest absolute Gasteiger partial charge is 0.493 e. The maximum absolute atomic E-state index is 13.1. The molecule has 0 aliphatic heterocycles. The fourth-order valence-corrected chi connectivity index (χ4v) is 4.12. The Bertz CT molecular complexity index is 1440. The van der Waals surface area contributed by atoms with Crippen LogP contribution in [0.2, 0.25) is 10.0 Å². The first-order valence-electron chi connectivity index (χ1n) is 10.4. The molecule has 1 heterocycles. The molecule has 0 saturated carbocycles. The fourth-order valence-electron chi connectivity index (χ4n) is 3.36. The van der Waals surface area contributed by atoms with Gasteiger partial charge in [0.1, 0.15) is 12.4 Å². The van der Waals surface area contributed by atoms with Crippen LogP contribution in [0.5, 0.6) is 11.5 Å². The average Bonchev–Trinajstić information content (AvgIpc) is 2.83. The van der Waals surface area contributed by atoms with E-state index in [9.17, 15) is 4.79 Å². The highest BCUT2D eigenvalue weighted by Gasteiger charge is 2.13. The van der Waals surface area contributed by atoms with Gasteiger partial charge in [0.05, 0.1) is 29.2 Å². The van der Waals surface area contributed by atoms with Crippen LogP contribution in [0.15, 0.2) is 69.0 Å². The summed E-state index contributed by atoms with van der Waals surface area (Å²) in [6.45, 7) is 2.22. The lowest BCUT2D eigenvalue weighted by atomic mass is 10.2. The second-order valence-corrected chi connectivity index (χ2v) is 9.11. The summed E-state index contributed by atoms with van der Waals surface area (Å²) in [7, 11) is 1.53. The van der Waals surface area contributed by atoms with E-state index in [4.69, 9.17) is 32.7 Å². The van der Waals surface area contributed by atoms with Crippen LogP contribution in [0.25, 0.3) is 10.9 Å². The summed E-state index contributed by atoms with van der Waals surface area (Å²) in [5.74, 6) is 1.42. The van der Waals surface area contributed by atoms with Crippen molar-refractivity contribution in [3.63, 3.8) is 0 Å². The van der Waals surface area contributed by atoms with Gasteiger partial charge in [0, 0.05) is 15.9 Å². The normalized spacial score (nSPS) is 11.3. The van der Waals surface area contributed by atoms with Crippen molar-refractivity contribution < 1.29 is 9.47 Å². The molecule has 0 atom stereocenters. The van der Waals surface area contributed by atoms with E-state index in [0.29, 0.717) is 56.9 Å². The molecule has 0 radical (unpaired) electrons.